The van der Waals surface area contributed by atoms with Gasteiger partial charge in [-0.05, 0) is 72.1 Å². The standard InChI is InChI=1S/C32H38O6/c1-2-3-4-5-6-7-8-9-10-11-22-37-27-17-19-28(20-18-27)38-32(36)25-14-12-24(13-15-25)30-23-26(33)16-21-29(30)31(34)35/h12-21,23,33H,2-11,22H2,1H3,(H,34,35). The fourth-order valence-corrected chi connectivity index (χ4v) is 4.29. The third-order valence-electron chi connectivity index (χ3n) is 6.47. The van der Waals surface area contributed by atoms with Gasteiger partial charge < -0.3 is 19.7 Å². The molecule has 0 saturated heterocycles. The maximum absolute atomic E-state index is 12.6. The normalized spacial score (nSPS) is 10.8. The van der Waals surface area contributed by atoms with Crippen molar-refractivity contribution < 1.29 is 29.3 Å². The van der Waals surface area contributed by atoms with E-state index in [-0.39, 0.29) is 11.3 Å². The number of carboxylic acid groups (broad SMARTS) is 1. The van der Waals surface area contributed by atoms with E-state index in [0.29, 0.717) is 29.0 Å². The Morgan fingerprint density at radius 2 is 1.29 bits per heavy atom. The number of benzene rings is 3. The van der Waals surface area contributed by atoms with Crippen molar-refractivity contribution in [1.29, 1.82) is 0 Å². The van der Waals surface area contributed by atoms with Gasteiger partial charge in [0.25, 0.3) is 0 Å². The van der Waals surface area contributed by atoms with Gasteiger partial charge in [0.2, 0.25) is 0 Å². The summed E-state index contributed by atoms with van der Waals surface area (Å²) in [5.74, 6) is -0.509. The van der Waals surface area contributed by atoms with Gasteiger partial charge in [-0.3, -0.25) is 0 Å². The van der Waals surface area contributed by atoms with Gasteiger partial charge in [-0.25, -0.2) is 9.59 Å². The highest BCUT2D eigenvalue weighted by atomic mass is 16.5. The number of carboxylic acids is 1. The zero-order valence-electron chi connectivity index (χ0n) is 22.2. The maximum Gasteiger partial charge on any atom is 0.343 e. The van der Waals surface area contributed by atoms with Gasteiger partial charge in [-0.2, -0.15) is 0 Å². The number of unbranched alkanes of at least 4 members (excludes halogenated alkanes) is 9. The molecule has 0 aliphatic heterocycles. The molecule has 6 nitrogen and oxygen atoms in total. The number of phenols is 1. The van der Waals surface area contributed by atoms with E-state index in [4.69, 9.17) is 9.47 Å². The van der Waals surface area contributed by atoms with Crippen molar-refractivity contribution in [3.63, 3.8) is 0 Å². The second-order valence-corrected chi connectivity index (χ2v) is 9.50. The van der Waals surface area contributed by atoms with Crippen LogP contribution in [0, 0.1) is 0 Å². The molecule has 0 aromatic heterocycles. The first-order valence-electron chi connectivity index (χ1n) is 13.6. The first-order valence-corrected chi connectivity index (χ1v) is 13.6. The molecule has 3 rings (SSSR count). The molecule has 3 aromatic carbocycles. The lowest BCUT2D eigenvalue weighted by molar-refractivity contribution is 0.0695. The third kappa shape index (κ3) is 9.25. The first kappa shape index (κ1) is 28.8. The monoisotopic (exact) mass is 518 g/mol. The van der Waals surface area contributed by atoms with Gasteiger partial charge in [-0.15, -0.1) is 0 Å². The van der Waals surface area contributed by atoms with E-state index in [1.54, 1.807) is 48.5 Å². The first-order chi connectivity index (χ1) is 18.5. The summed E-state index contributed by atoms with van der Waals surface area (Å²) in [7, 11) is 0. The molecule has 202 valence electrons. The molecule has 0 atom stereocenters. The molecule has 2 N–H and O–H groups in total. The minimum atomic E-state index is -1.10. The lowest BCUT2D eigenvalue weighted by Gasteiger charge is -2.09. The van der Waals surface area contributed by atoms with E-state index in [9.17, 15) is 19.8 Å². The number of aromatic hydroxyl groups is 1. The second kappa shape index (κ2) is 15.5. The van der Waals surface area contributed by atoms with E-state index < -0.39 is 11.9 Å². The molecule has 0 spiro atoms. The predicted molar refractivity (Wildman–Crippen MR) is 149 cm³/mol. The Hall–Kier alpha value is -3.80. The lowest BCUT2D eigenvalue weighted by Crippen LogP contribution is -2.08. The smallest absolute Gasteiger partial charge is 0.343 e. The number of phenolic OH excluding ortho intramolecular Hbond substituents is 1. The molecule has 0 bridgehead atoms. The van der Waals surface area contributed by atoms with Crippen molar-refractivity contribution in [2.75, 3.05) is 6.61 Å². The number of rotatable bonds is 16. The Morgan fingerprint density at radius 3 is 1.89 bits per heavy atom. The molecule has 0 fully saturated rings. The van der Waals surface area contributed by atoms with Crippen molar-refractivity contribution in [3.05, 3.63) is 77.9 Å². The van der Waals surface area contributed by atoms with Crippen LogP contribution in [0.25, 0.3) is 11.1 Å². The van der Waals surface area contributed by atoms with E-state index in [1.165, 1.54) is 76.0 Å². The maximum atomic E-state index is 12.6. The van der Waals surface area contributed by atoms with Gasteiger partial charge >= 0.3 is 11.9 Å². The molecule has 0 amide bonds. The summed E-state index contributed by atoms with van der Waals surface area (Å²) in [5.41, 5.74) is 1.32. The molecule has 0 radical (unpaired) electrons. The summed E-state index contributed by atoms with van der Waals surface area (Å²) in [6, 6.07) is 17.4. The van der Waals surface area contributed by atoms with E-state index in [2.05, 4.69) is 6.92 Å². The minimum Gasteiger partial charge on any atom is -0.508 e. The summed E-state index contributed by atoms with van der Waals surface area (Å²) >= 11 is 0. The minimum absolute atomic E-state index is 0.0376. The number of carbonyl (C=O) groups excluding carboxylic acids is 1. The topological polar surface area (TPSA) is 93.1 Å². The summed E-state index contributed by atoms with van der Waals surface area (Å²) in [4.78, 5) is 24.1. The Bertz CT molecular complexity index is 1150. The summed E-state index contributed by atoms with van der Waals surface area (Å²) in [6.07, 6.45) is 12.8. The summed E-state index contributed by atoms with van der Waals surface area (Å²) < 4.78 is 11.3. The van der Waals surface area contributed by atoms with E-state index >= 15 is 0 Å². The molecule has 3 aromatic rings. The Morgan fingerprint density at radius 1 is 0.711 bits per heavy atom. The highest BCUT2D eigenvalue weighted by Gasteiger charge is 2.14. The third-order valence-corrected chi connectivity index (χ3v) is 6.47. The molecule has 0 heterocycles. The van der Waals surface area contributed by atoms with Gasteiger partial charge in [0.05, 0.1) is 17.7 Å². The molecular formula is C32H38O6. The van der Waals surface area contributed by atoms with Crippen molar-refractivity contribution in [2.24, 2.45) is 0 Å². The van der Waals surface area contributed by atoms with E-state index in [0.717, 1.165) is 12.2 Å². The number of carbonyl (C=O) groups is 2. The SMILES string of the molecule is CCCCCCCCCCCCOc1ccc(OC(=O)c2ccc(-c3cc(O)ccc3C(=O)O)cc2)cc1. The highest BCUT2D eigenvalue weighted by Crippen LogP contribution is 2.28. The average molecular weight is 519 g/mol. The largest absolute Gasteiger partial charge is 0.508 e. The Balaban J connectivity index is 1.40. The number of hydrogen-bond acceptors (Lipinski definition) is 5. The summed E-state index contributed by atoms with van der Waals surface area (Å²) in [5, 5.41) is 19.2. The van der Waals surface area contributed by atoms with Crippen LogP contribution in [0.15, 0.2) is 66.7 Å². The number of hydrogen-bond donors (Lipinski definition) is 2. The number of aromatic carboxylic acids is 1. The predicted octanol–water partition coefficient (Wildman–Crippen LogP) is 8.28. The van der Waals surface area contributed by atoms with E-state index in [1.807, 2.05) is 0 Å². The van der Waals surface area contributed by atoms with Gasteiger partial charge in [0.15, 0.2) is 0 Å². The van der Waals surface area contributed by atoms with Crippen LogP contribution in [-0.4, -0.2) is 28.8 Å². The fourth-order valence-electron chi connectivity index (χ4n) is 4.29. The van der Waals surface area contributed by atoms with Crippen LogP contribution in [0.4, 0.5) is 0 Å². The van der Waals surface area contributed by atoms with Crippen LogP contribution in [0.3, 0.4) is 0 Å². The van der Waals surface area contributed by atoms with Crippen molar-refractivity contribution in [2.45, 2.75) is 71.1 Å². The molecule has 0 aliphatic carbocycles. The molecule has 0 unspecified atom stereocenters. The van der Waals surface area contributed by atoms with Gasteiger partial charge in [0, 0.05) is 0 Å². The molecular weight excluding hydrogens is 480 g/mol. The van der Waals surface area contributed by atoms with Crippen LogP contribution in [-0.2, 0) is 0 Å². The zero-order valence-corrected chi connectivity index (χ0v) is 22.2. The summed E-state index contributed by atoms with van der Waals surface area (Å²) in [6.45, 7) is 2.92. The average Bonchev–Trinajstić information content (AvgIpc) is 2.92. The van der Waals surface area contributed by atoms with Crippen LogP contribution in [0.5, 0.6) is 17.2 Å². The van der Waals surface area contributed by atoms with Crippen molar-refractivity contribution in [3.8, 4) is 28.4 Å². The van der Waals surface area contributed by atoms with Gasteiger partial charge in [0.1, 0.15) is 17.2 Å². The molecule has 38 heavy (non-hydrogen) atoms. The second-order valence-electron chi connectivity index (χ2n) is 9.50. The molecule has 0 saturated carbocycles. The Labute approximate surface area is 225 Å². The highest BCUT2D eigenvalue weighted by molar-refractivity contribution is 5.97. The molecule has 0 aliphatic rings. The Kier molecular flexibility index (Phi) is 11.7. The van der Waals surface area contributed by atoms with Crippen LogP contribution in [0.2, 0.25) is 0 Å². The number of ether oxygens (including phenoxy) is 2. The van der Waals surface area contributed by atoms with Gasteiger partial charge in [-0.1, -0.05) is 76.8 Å². The van der Waals surface area contributed by atoms with Crippen LogP contribution in [0.1, 0.15) is 91.8 Å². The molecule has 6 heteroatoms. The quantitative estimate of drug-likeness (QED) is 0.113. The van der Waals surface area contributed by atoms with Crippen molar-refractivity contribution >= 4 is 11.9 Å². The van der Waals surface area contributed by atoms with Crippen LogP contribution < -0.4 is 9.47 Å². The van der Waals surface area contributed by atoms with Crippen LogP contribution >= 0.6 is 0 Å². The fraction of sp³-hybridized carbons (Fsp3) is 0.375. The zero-order chi connectivity index (χ0) is 27.2. The van der Waals surface area contributed by atoms with Crippen molar-refractivity contribution in [1.82, 2.24) is 0 Å². The lowest BCUT2D eigenvalue weighted by atomic mass is 9.98. The number of esters is 1.